The third-order valence-corrected chi connectivity index (χ3v) is 7.08. The number of amides is 1. The minimum absolute atomic E-state index is 0.0924. The zero-order chi connectivity index (χ0) is 23.7. The van der Waals surface area contributed by atoms with E-state index in [0.29, 0.717) is 34.3 Å². The van der Waals surface area contributed by atoms with Gasteiger partial charge in [0.2, 0.25) is 0 Å². The summed E-state index contributed by atoms with van der Waals surface area (Å²) < 4.78 is 29.2. The molecule has 0 saturated carbocycles. The van der Waals surface area contributed by atoms with E-state index in [4.69, 9.17) is 0 Å². The second-order valence-corrected chi connectivity index (χ2v) is 9.61. The average molecular weight is 471 g/mol. The molecule has 8 heteroatoms. The van der Waals surface area contributed by atoms with Gasteiger partial charge in [0.15, 0.2) is 0 Å². The maximum absolute atomic E-state index is 13.3. The molecule has 7 nitrogen and oxygen atoms in total. The predicted octanol–water partition coefficient (Wildman–Crippen LogP) is 6.43. The van der Waals surface area contributed by atoms with Crippen molar-refractivity contribution < 1.29 is 13.2 Å². The summed E-state index contributed by atoms with van der Waals surface area (Å²) in [7, 11) is -3.89. The van der Waals surface area contributed by atoms with Crippen molar-refractivity contribution in [3.05, 3.63) is 90.5 Å². The molecule has 1 aliphatic rings. The van der Waals surface area contributed by atoms with Crippen LogP contribution in [-0.2, 0) is 10.0 Å². The van der Waals surface area contributed by atoms with Crippen molar-refractivity contribution >= 4 is 49.5 Å². The largest absolute Gasteiger partial charge is 0.308 e. The average Bonchev–Trinajstić information content (AvgIpc) is 3.12. The van der Waals surface area contributed by atoms with Crippen molar-refractivity contribution in [1.82, 2.24) is 0 Å². The highest BCUT2D eigenvalue weighted by Gasteiger charge is 2.31. The van der Waals surface area contributed by atoms with Crippen molar-refractivity contribution in [2.45, 2.75) is 18.2 Å². The molecule has 1 heterocycles. The van der Waals surface area contributed by atoms with E-state index >= 15 is 0 Å². The van der Waals surface area contributed by atoms with Gasteiger partial charge < -0.3 is 4.90 Å². The Labute approximate surface area is 197 Å². The van der Waals surface area contributed by atoms with E-state index in [1.54, 1.807) is 59.5 Å². The first kappa shape index (κ1) is 21.8. The summed E-state index contributed by atoms with van der Waals surface area (Å²) in [5.41, 5.74) is 3.03. The van der Waals surface area contributed by atoms with Crippen LogP contribution in [0.15, 0.2) is 100 Å². The summed E-state index contributed by atoms with van der Waals surface area (Å²) in [4.78, 5) is 14.7. The Hall–Kier alpha value is -4.04. The SMILES string of the molecule is CCCN1C(=O)c2cccc3c(S(=O)(=O)Nc4ccc(N=Nc5ccccc5)cc4)ccc1c23. The number of sulfonamides is 1. The van der Waals surface area contributed by atoms with Crippen molar-refractivity contribution in [2.75, 3.05) is 16.2 Å². The topological polar surface area (TPSA) is 91.2 Å². The third-order valence-electron chi connectivity index (χ3n) is 5.64. The minimum Gasteiger partial charge on any atom is -0.308 e. The van der Waals surface area contributed by atoms with Gasteiger partial charge in [-0.1, -0.05) is 37.3 Å². The van der Waals surface area contributed by atoms with Gasteiger partial charge in [0.1, 0.15) is 0 Å². The van der Waals surface area contributed by atoms with Crippen LogP contribution in [0.2, 0.25) is 0 Å². The molecule has 0 radical (unpaired) electrons. The second-order valence-electron chi connectivity index (χ2n) is 7.96. The zero-order valence-corrected chi connectivity index (χ0v) is 19.3. The van der Waals surface area contributed by atoms with Crippen LogP contribution in [0.4, 0.5) is 22.7 Å². The van der Waals surface area contributed by atoms with Crippen LogP contribution in [0.5, 0.6) is 0 Å². The van der Waals surface area contributed by atoms with E-state index in [1.807, 2.05) is 37.3 Å². The molecule has 0 fully saturated rings. The Morgan fingerprint density at radius 1 is 0.824 bits per heavy atom. The maximum atomic E-state index is 13.3. The number of anilines is 2. The molecule has 34 heavy (non-hydrogen) atoms. The monoisotopic (exact) mass is 470 g/mol. The van der Waals surface area contributed by atoms with Crippen molar-refractivity contribution in [3.63, 3.8) is 0 Å². The van der Waals surface area contributed by atoms with E-state index in [2.05, 4.69) is 15.0 Å². The smallest absolute Gasteiger partial charge is 0.262 e. The summed E-state index contributed by atoms with van der Waals surface area (Å²) >= 11 is 0. The van der Waals surface area contributed by atoms with Crippen molar-refractivity contribution in [3.8, 4) is 0 Å². The first-order chi connectivity index (χ1) is 16.5. The van der Waals surface area contributed by atoms with Crippen LogP contribution < -0.4 is 9.62 Å². The Bertz CT molecular complexity index is 1520. The molecular formula is C26H22N4O3S. The predicted molar refractivity (Wildman–Crippen MR) is 134 cm³/mol. The lowest BCUT2D eigenvalue weighted by Gasteiger charge is -2.17. The number of hydrogen-bond donors (Lipinski definition) is 1. The second kappa shape index (κ2) is 8.72. The number of carbonyl (C=O) groups excluding carboxylic acids is 1. The van der Waals surface area contributed by atoms with E-state index < -0.39 is 10.0 Å². The zero-order valence-electron chi connectivity index (χ0n) is 18.5. The molecule has 0 aliphatic carbocycles. The fraction of sp³-hybridized carbons (Fsp3) is 0.115. The molecule has 0 atom stereocenters. The van der Waals surface area contributed by atoms with Crippen molar-refractivity contribution in [1.29, 1.82) is 0 Å². The van der Waals surface area contributed by atoms with Crippen LogP contribution in [0.3, 0.4) is 0 Å². The highest BCUT2D eigenvalue weighted by molar-refractivity contribution is 7.93. The standard InChI is InChI=1S/C26H22N4O3S/c1-2-17-30-23-15-16-24(21-9-6-10-22(25(21)23)26(30)31)34(32,33)29-20-13-11-19(12-14-20)28-27-18-7-4-3-5-8-18/h3-16,29H,2,17H2,1H3. The summed E-state index contributed by atoms with van der Waals surface area (Å²) in [6.45, 7) is 2.59. The van der Waals surface area contributed by atoms with Gasteiger partial charge in [-0.05, 0) is 61.0 Å². The maximum Gasteiger partial charge on any atom is 0.262 e. The van der Waals surface area contributed by atoms with Gasteiger partial charge in [-0.2, -0.15) is 10.2 Å². The summed E-state index contributed by atoms with van der Waals surface area (Å²) in [5, 5.41) is 9.56. The van der Waals surface area contributed by atoms with Gasteiger partial charge in [0.05, 0.1) is 22.0 Å². The van der Waals surface area contributed by atoms with Gasteiger partial charge in [0, 0.05) is 28.6 Å². The van der Waals surface area contributed by atoms with E-state index in [-0.39, 0.29) is 10.8 Å². The van der Waals surface area contributed by atoms with Gasteiger partial charge in [-0.25, -0.2) is 8.42 Å². The van der Waals surface area contributed by atoms with Crippen LogP contribution in [-0.4, -0.2) is 20.9 Å². The lowest BCUT2D eigenvalue weighted by Crippen LogP contribution is -2.27. The number of nitrogens with zero attached hydrogens (tertiary/aromatic N) is 3. The molecular weight excluding hydrogens is 448 g/mol. The normalized spacial score (nSPS) is 13.2. The van der Waals surface area contributed by atoms with Gasteiger partial charge in [-0.15, -0.1) is 0 Å². The van der Waals surface area contributed by atoms with Crippen LogP contribution in [0.1, 0.15) is 23.7 Å². The number of nitrogens with one attached hydrogen (secondary N) is 1. The Balaban J connectivity index is 1.44. The molecule has 5 rings (SSSR count). The third kappa shape index (κ3) is 3.92. The molecule has 0 spiro atoms. The number of benzene rings is 4. The molecule has 1 N–H and O–H groups in total. The van der Waals surface area contributed by atoms with E-state index in [0.717, 1.165) is 17.8 Å². The van der Waals surface area contributed by atoms with Crippen LogP contribution in [0.25, 0.3) is 10.8 Å². The Kier molecular flexibility index (Phi) is 5.59. The molecule has 1 aliphatic heterocycles. The lowest BCUT2D eigenvalue weighted by molar-refractivity contribution is 0.0993. The lowest BCUT2D eigenvalue weighted by atomic mass is 10.1. The molecule has 4 aromatic carbocycles. The van der Waals surface area contributed by atoms with E-state index in [1.165, 1.54) is 0 Å². The molecule has 0 saturated heterocycles. The fourth-order valence-corrected chi connectivity index (χ4v) is 5.38. The molecule has 0 bridgehead atoms. The van der Waals surface area contributed by atoms with Gasteiger partial charge in [-0.3, -0.25) is 9.52 Å². The first-order valence-electron chi connectivity index (χ1n) is 11.0. The van der Waals surface area contributed by atoms with Crippen molar-refractivity contribution in [2.24, 2.45) is 10.2 Å². The Morgan fingerprint density at radius 3 is 2.24 bits per heavy atom. The van der Waals surface area contributed by atoms with Gasteiger partial charge in [0.25, 0.3) is 15.9 Å². The fourth-order valence-electron chi connectivity index (χ4n) is 4.12. The summed E-state index contributed by atoms with van der Waals surface area (Å²) in [6.07, 6.45) is 0.809. The van der Waals surface area contributed by atoms with E-state index in [9.17, 15) is 13.2 Å². The van der Waals surface area contributed by atoms with Crippen LogP contribution >= 0.6 is 0 Å². The highest BCUT2D eigenvalue weighted by atomic mass is 32.2. The quantitative estimate of drug-likeness (QED) is 0.316. The molecule has 0 unspecified atom stereocenters. The number of azo groups is 1. The number of rotatable bonds is 7. The summed E-state index contributed by atoms with van der Waals surface area (Å²) in [5.74, 6) is -0.0924. The summed E-state index contributed by atoms with van der Waals surface area (Å²) in [6, 6.07) is 24.5. The highest BCUT2D eigenvalue weighted by Crippen LogP contribution is 2.40. The molecule has 4 aromatic rings. The molecule has 170 valence electrons. The van der Waals surface area contributed by atoms with Gasteiger partial charge >= 0.3 is 0 Å². The molecule has 0 aromatic heterocycles. The number of carbonyl (C=O) groups is 1. The first-order valence-corrected chi connectivity index (χ1v) is 12.4. The minimum atomic E-state index is -3.89. The molecule has 1 amide bonds. The Morgan fingerprint density at radius 2 is 1.53 bits per heavy atom. The number of hydrogen-bond acceptors (Lipinski definition) is 5. The van der Waals surface area contributed by atoms with Crippen LogP contribution in [0, 0.1) is 0 Å².